The predicted octanol–water partition coefficient (Wildman–Crippen LogP) is 10.4. The Balaban J connectivity index is 1.32. The van der Waals surface area contributed by atoms with E-state index in [1.54, 1.807) is 6.07 Å². The minimum absolute atomic E-state index is 0.0359. The lowest BCUT2D eigenvalue weighted by Gasteiger charge is -2.32. The van der Waals surface area contributed by atoms with Gasteiger partial charge in [-0.25, -0.2) is 0 Å². The number of benzene rings is 7. The van der Waals surface area contributed by atoms with Gasteiger partial charge in [0.2, 0.25) is 0 Å². The second-order valence-corrected chi connectivity index (χ2v) is 12.8. The van der Waals surface area contributed by atoms with Crippen LogP contribution in [-0.2, 0) is 9.31 Å². The fourth-order valence-corrected chi connectivity index (χ4v) is 6.08. The van der Waals surface area contributed by atoms with Gasteiger partial charge in [-0.3, -0.25) is 0 Å². The maximum Gasteiger partial charge on any atom is 0.494 e. The summed E-state index contributed by atoms with van der Waals surface area (Å²) in [6, 6.07) is 30.2. The first-order valence-electron chi connectivity index (χ1n) is 18.7. The van der Waals surface area contributed by atoms with Gasteiger partial charge < -0.3 is 9.31 Å². The summed E-state index contributed by atoms with van der Waals surface area (Å²) in [6.07, 6.45) is 0. The van der Waals surface area contributed by atoms with Gasteiger partial charge in [-0.2, -0.15) is 0 Å². The molecular formula is C42H35BO2. The molecule has 0 unspecified atom stereocenters. The molecule has 2 nitrogen and oxygen atoms in total. The molecule has 0 radical (unpaired) electrons. The van der Waals surface area contributed by atoms with Crippen LogP contribution in [0.1, 0.15) is 37.3 Å². The van der Waals surface area contributed by atoms with Gasteiger partial charge in [0.25, 0.3) is 0 Å². The maximum absolute atomic E-state index is 9.05. The van der Waals surface area contributed by atoms with Crippen molar-refractivity contribution in [1.82, 2.24) is 0 Å². The van der Waals surface area contributed by atoms with Crippen LogP contribution < -0.4 is 5.46 Å². The normalized spacial score (nSPS) is 17.9. The molecule has 7 aromatic rings. The first-order valence-corrected chi connectivity index (χ1v) is 15.2. The Morgan fingerprint density at radius 1 is 0.489 bits per heavy atom. The standard InChI is InChI=1S/C42H35BO2/c1-41(2)42(3,4)45-43(44-41)38-26-36(25-37(27-38)40-15-9-13-29-11-7-8-14-39(29)40)35-21-20-33-23-32(18-19-34(33)24-35)31-17-16-28-10-5-6-12-30(28)22-31/h5-27H,1-4H3/i7D,8D,9D,11D,13D,14D,15D. The van der Waals surface area contributed by atoms with E-state index in [0.29, 0.717) is 11.0 Å². The van der Waals surface area contributed by atoms with Crippen LogP contribution in [0.15, 0.2) is 139 Å². The van der Waals surface area contributed by atoms with Crippen molar-refractivity contribution < 1.29 is 18.9 Å². The molecule has 0 N–H and O–H groups in total. The third-order valence-corrected chi connectivity index (χ3v) is 9.34. The van der Waals surface area contributed by atoms with E-state index >= 15 is 0 Å². The molecule has 3 heteroatoms. The summed E-state index contributed by atoms with van der Waals surface area (Å²) in [5, 5.41) is 4.42. The van der Waals surface area contributed by atoms with Gasteiger partial charge in [-0.1, -0.05) is 115 Å². The van der Waals surface area contributed by atoms with Gasteiger partial charge in [0.1, 0.15) is 0 Å². The fourth-order valence-electron chi connectivity index (χ4n) is 6.08. The smallest absolute Gasteiger partial charge is 0.399 e. The molecule has 1 fully saturated rings. The molecule has 0 aromatic heterocycles. The molecule has 0 aliphatic carbocycles. The molecule has 45 heavy (non-hydrogen) atoms. The van der Waals surface area contributed by atoms with Crippen LogP contribution in [-0.4, -0.2) is 18.3 Å². The van der Waals surface area contributed by atoms with Crippen LogP contribution in [0.2, 0.25) is 0 Å². The number of fused-ring (bicyclic) bond motifs is 3. The van der Waals surface area contributed by atoms with Crippen molar-refractivity contribution in [2.24, 2.45) is 0 Å². The topological polar surface area (TPSA) is 18.5 Å². The van der Waals surface area contributed by atoms with E-state index in [4.69, 9.17) is 18.9 Å². The molecule has 0 bridgehead atoms. The van der Waals surface area contributed by atoms with Crippen molar-refractivity contribution in [2.45, 2.75) is 38.9 Å². The average Bonchev–Trinajstić information content (AvgIpc) is 3.36. The summed E-state index contributed by atoms with van der Waals surface area (Å²) < 4.78 is 73.5. The molecular weight excluding hydrogens is 547 g/mol. The summed E-state index contributed by atoms with van der Waals surface area (Å²) in [5.74, 6) is 0. The zero-order valence-corrected chi connectivity index (χ0v) is 25.6. The van der Waals surface area contributed by atoms with Gasteiger partial charge in [-0.05, 0) is 123 Å². The lowest BCUT2D eigenvalue weighted by atomic mass is 9.76. The molecule has 1 heterocycles. The SMILES string of the molecule is [2H]c1c([2H])c([2H])c2c(-c3cc(B4OC(C)(C)C(C)(C)O4)cc(-c4ccc5cc(-c6ccc7ccccc7c6)ccc5c4)c3)c([2H])c([2H])c([2H])c2c1[2H]. The van der Waals surface area contributed by atoms with E-state index in [0.717, 1.165) is 33.0 Å². The molecule has 218 valence electrons. The van der Waals surface area contributed by atoms with Gasteiger partial charge in [0.05, 0.1) is 20.8 Å². The van der Waals surface area contributed by atoms with Gasteiger partial charge in [0.15, 0.2) is 0 Å². The van der Waals surface area contributed by atoms with Crippen molar-refractivity contribution in [3.05, 3.63) is 139 Å². The van der Waals surface area contributed by atoms with Crippen molar-refractivity contribution >= 4 is 44.9 Å². The van der Waals surface area contributed by atoms with E-state index in [1.807, 2.05) is 58.0 Å². The van der Waals surface area contributed by atoms with E-state index in [2.05, 4.69) is 60.7 Å². The maximum atomic E-state index is 9.05. The highest BCUT2D eigenvalue weighted by atomic mass is 16.7. The highest BCUT2D eigenvalue weighted by Gasteiger charge is 2.51. The molecule has 7 aromatic carbocycles. The summed E-state index contributed by atoms with van der Waals surface area (Å²) in [6.45, 7) is 7.88. The Labute approximate surface area is 275 Å². The summed E-state index contributed by atoms with van der Waals surface area (Å²) in [5.41, 5.74) is 3.91. The molecule has 1 aliphatic rings. The predicted molar refractivity (Wildman–Crippen MR) is 191 cm³/mol. The van der Waals surface area contributed by atoms with E-state index in [-0.39, 0.29) is 28.4 Å². The third kappa shape index (κ3) is 4.93. The summed E-state index contributed by atoms with van der Waals surface area (Å²) in [4.78, 5) is 0. The minimum Gasteiger partial charge on any atom is -0.399 e. The fraction of sp³-hybridized carbons (Fsp3) is 0.143. The monoisotopic (exact) mass is 589 g/mol. The Bertz CT molecular complexity index is 2610. The minimum atomic E-state index is -0.770. The Morgan fingerprint density at radius 3 is 1.71 bits per heavy atom. The second kappa shape index (κ2) is 10.4. The van der Waals surface area contributed by atoms with E-state index < -0.39 is 48.5 Å². The first kappa shape index (κ1) is 21.1. The van der Waals surface area contributed by atoms with Gasteiger partial charge >= 0.3 is 7.12 Å². The van der Waals surface area contributed by atoms with Gasteiger partial charge in [0, 0.05) is 0 Å². The van der Waals surface area contributed by atoms with Crippen LogP contribution in [0.3, 0.4) is 0 Å². The molecule has 0 amide bonds. The largest absolute Gasteiger partial charge is 0.494 e. The first-order chi connectivity index (χ1) is 24.6. The number of hydrogen-bond donors (Lipinski definition) is 0. The number of rotatable bonds is 4. The van der Waals surface area contributed by atoms with Gasteiger partial charge in [-0.15, -0.1) is 0 Å². The summed E-state index contributed by atoms with van der Waals surface area (Å²) in [7, 11) is -0.770. The van der Waals surface area contributed by atoms with Crippen LogP contribution in [0.4, 0.5) is 0 Å². The molecule has 8 rings (SSSR count). The van der Waals surface area contributed by atoms with Crippen LogP contribution in [0.5, 0.6) is 0 Å². The van der Waals surface area contributed by atoms with E-state index in [1.165, 1.54) is 10.8 Å². The van der Waals surface area contributed by atoms with Crippen molar-refractivity contribution in [3.8, 4) is 33.4 Å². The van der Waals surface area contributed by atoms with Crippen molar-refractivity contribution in [3.63, 3.8) is 0 Å². The Hall–Kier alpha value is -4.70. The van der Waals surface area contributed by atoms with Crippen molar-refractivity contribution in [1.29, 1.82) is 0 Å². The highest BCUT2D eigenvalue weighted by Crippen LogP contribution is 2.38. The molecule has 0 atom stereocenters. The third-order valence-electron chi connectivity index (χ3n) is 9.34. The lowest BCUT2D eigenvalue weighted by molar-refractivity contribution is 0.00578. The van der Waals surface area contributed by atoms with Crippen LogP contribution in [0, 0.1) is 0 Å². The quantitative estimate of drug-likeness (QED) is 0.190. The Kier molecular flexibility index (Phi) is 4.90. The molecule has 0 spiro atoms. The van der Waals surface area contributed by atoms with E-state index in [9.17, 15) is 0 Å². The lowest BCUT2D eigenvalue weighted by Crippen LogP contribution is -2.41. The highest BCUT2D eigenvalue weighted by molar-refractivity contribution is 6.62. The second-order valence-electron chi connectivity index (χ2n) is 12.8. The van der Waals surface area contributed by atoms with Crippen molar-refractivity contribution in [2.75, 3.05) is 0 Å². The zero-order chi connectivity index (χ0) is 36.9. The van der Waals surface area contributed by atoms with Crippen LogP contribution in [0.25, 0.3) is 65.7 Å². The zero-order valence-electron chi connectivity index (χ0n) is 32.6. The van der Waals surface area contributed by atoms with Crippen LogP contribution >= 0.6 is 0 Å². The molecule has 0 saturated carbocycles. The molecule has 1 saturated heterocycles. The molecule has 1 aliphatic heterocycles. The summed E-state index contributed by atoms with van der Waals surface area (Å²) >= 11 is 0. The Morgan fingerprint density at radius 2 is 1.02 bits per heavy atom. The number of hydrogen-bond acceptors (Lipinski definition) is 2. The average molecular weight is 590 g/mol.